The Morgan fingerprint density at radius 3 is 2.59 bits per heavy atom. The highest BCUT2D eigenvalue weighted by Crippen LogP contribution is 2.28. The summed E-state index contributed by atoms with van der Waals surface area (Å²) in [5.74, 6) is -1.43. The molecule has 0 aliphatic heterocycles. The molecule has 2 rings (SSSR count). The largest absolute Gasteiger partial charge is 0.481 e. The molecule has 0 fully saturated rings. The Morgan fingerprint density at radius 1 is 1.18 bits per heavy atom. The SMILES string of the molecule is O=C(O)CCCc1ccccc1OC(C(=O)O)c1ccsc1. The fourth-order valence-electron chi connectivity index (χ4n) is 2.07. The van der Waals surface area contributed by atoms with Crippen LogP contribution < -0.4 is 4.74 Å². The zero-order chi connectivity index (χ0) is 15.9. The van der Waals surface area contributed by atoms with E-state index in [0.29, 0.717) is 24.2 Å². The predicted molar refractivity (Wildman–Crippen MR) is 82.3 cm³/mol. The predicted octanol–water partition coefficient (Wildman–Crippen LogP) is 3.36. The van der Waals surface area contributed by atoms with Gasteiger partial charge >= 0.3 is 11.9 Å². The van der Waals surface area contributed by atoms with Crippen LogP contribution >= 0.6 is 11.3 Å². The van der Waals surface area contributed by atoms with Crippen LogP contribution in [0, 0.1) is 0 Å². The number of hydrogen-bond acceptors (Lipinski definition) is 4. The molecule has 0 saturated carbocycles. The van der Waals surface area contributed by atoms with Crippen LogP contribution in [-0.4, -0.2) is 22.2 Å². The Hall–Kier alpha value is -2.34. The van der Waals surface area contributed by atoms with Crippen LogP contribution in [0.5, 0.6) is 5.75 Å². The van der Waals surface area contributed by atoms with Crippen molar-refractivity contribution < 1.29 is 24.5 Å². The van der Waals surface area contributed by atoms with E-state index in [-0.39, 0.29) is 6.42 Å². The van der Waals surface area contributed by atoms with Gasteiger partial charge in [-0.15, -0.1) is 0 Å². The van der Waals surface area contributed by atoms with Gasteiger partial charge in [-0.1, -0.05) is 18.2 Å². The fourth-order valence-corrected chi connectivity index (χ4v) is 2.74. The third-order valence-electron chi connectivity index (χ3n) is 3.12. The molecular formula is C16H16O5S. The number of rotatable bonds is 8. The first-order valence-electron chi connectivity index (χ1n) is 6.79. The molecule has 0 bridgehead atoms. The lowest BCUT2D eigenvalue weighted by atomic mass is 10.1. The highest BCUT2D eigenvalue weighted by molar-refractivity contribution is 7.08. The second-order valence-electron chi connectivity index (χ2n) is 4.75. The highest BCUT2D eigenvalue weighted by Gasteiger charge is 2.23. The van der Waals surface area contributed by atoms with E-state index in [9.17, 15) is 14.7 Å². The van der Waals surface area contributed by atoms with Crippen LogP contribution in [0.3, 0.4) is 0 Å². The molecule has 0 saturated heterocycles. The van der Waals surface area contributed by atoms with Crippen molar-refractivity contribution in [1.82, 2.24) is 0 Å². The second-order valence-corrected chi connectivity index (χ2v) is 5.53. The number of carboxylic acid groups (broad SMARTS) is 2. The maximum absolute atomic E-state index is 11.4. The van der Waals surface area contributed by atoms with E-state index < -0.39 is 18.0 Å². The molecule has 1 atom stereocenters. The number of carboxylic acids is 2. The van der Waals surface area contributed by atoms with Gasteiger partial charge in [-0.3, -0.25) is 4.79 Å². The van der Waals surface area contributed by atoms with E-state index in [1.165, 1.54) is 11.3 Å². The topological polar surface area (TPSA) is 83.8 Å². The molecule has 2 aromatic rings. The molecule has 116 valence electrons. The third-order valence-corrected chi connectivity index (χ3v) is 3.83. The molecule has 0 aliphatic carbocycles. The zero-order valence-electron chi connectivity index (χ0n) is 11.8. The second kappa shape index (κ2) is 7.61. The number of aryl methyl sites for hydroxylation is 1. The van der Waals surface area contributed by atoms with Gasteiger partial charge in [0.05, 0.1) is 0 Å². The molecule has 0 spiro atoms. The molecule has 0 radical (unpaired) electrons. The number of carbonyl (C=O) groups is 2. The summed E-state index contributed by atoms with van der Waals surface area (Å²) in [7, 11) is 0. The molecule has 1 aromatic heterocycles. The molecule has 1 heterocycles. The summed E-state index contributed by atoms with van der Waals surface area (Å²) < 4.78 is 5.67. The number of thiophene rings is 1. The molecule has 1 aromatic carbocycles. The standard InChI is InChI=1S/C16H16O5S/c17-14(18)7-3-5-11-4-1-2-6-13(11)21-15(16(19)20)12-8-9-22-10-12/h1-2,4,6,8-10,15H,3,5,7H2,(H,17,18)(H,19,20). The fraction of sp³-hybridized carbons (Fsp3) is 0.250. The minimum absolute atomic E-state index is 0.0707. The minimum atomic E-state index is -1.06. The van der Waals surface area contributed by atoms with Crippen molar-refractivity contribution in [3.8, 4) is 5.75 Å². The van der Waals surface area contributed by atoms with Crippen LogP contribution in [0.25, 0.3) is 0 Å². The number of benzene rings is 1. The number of hydrogen-bond donors (Lipinski definition) is 2. The Labute approximate surface area is 131 Å². The van der Waals surface area contributed by atoms with Crippen molar-refractivity contribution in [2.24, 2.45) is 0 Å². The van der Waals surface area contributed by atoms with Gasteiger partial charge in [-0.05, 0) is 41.3 Å². The molecule has 0 amide bonds. The van der Waals surface area contributed by atoms with Crippen LogP contribution in [0.15, 0.2) is 41.1 Å². The van der Waals surface area contributed by atoms with E-state index in [1.54, 1.807) is 29.0 Å². The molecule has 1 unspecified atom stereocenters. The highest BCUT2D eigenvalue weighted by atomic mass is 32.1. The Morgan fingerprint density at radius 2 is 1.95 bits per heavy atom. The average Bonchev–Trinajstić information content (AvgIpc) is 2.99. The van der Waals surface area contributed by atoms with Crippen LogP contribution in [-0.2, 0) is 16.0 Å². The molecule has 6 heteroatoms. The molecule has 22 heavy (non-hydrogen) atoms. The van der Waals surface area contributed by atoms with E-state index >= 15 is 0 Å². The Kier molecular flexibility index (Phi) is 5.55. The van der Waals surface area contributed by atoms with Crippen molar-refractivity contribution in [1.29, 1.82) is 0 Å². The van der Waals surface area contributed by atoms with Crippen LogP contribution in [0.4, 0.5) is 0 Å². The van der Waals surface area contributed by atoms with Gasteiger partial charge in [0.25, 0.3) is 0 Å². The quantitative estimate of drug-likeness (QED) is 0.779. The van der Waals surface area contributed by atoms with Crippen molar-refractivity contribution in [2.75, 3.05) is 0 Å². The van der Waals surface area contributed by atoms with Gasteiger partial charge in [-0.2, -0.15) is 11.3 Å². The molecule has 0 aliphatic rings. The summed E-state index contributed by atoms with van der Waals surface area (Å²) in [5.41, 5.74) is 1.41. The van der Waals surface area contributed by atoms with Gasteiger partial charge in [0.1, 0.15) is 5.75 Å². The summed E-state index contributed by atoms with van der Waals surface area (Å²) >= 11 is 1.41. The summed E-state index contributed by atoms with van der Waals surface area (Å²) in [5, 5.41) is 21.6. The summed E-state index contributed by atoms with van der Waals surface area (Å²) in [6, 6.07) is 8.84. The number of ether oxygens (including phenoxy) is 1. The van der Waals surface area contributed by atoms with Gasteiger partial charge in [0, 0.05) is 12.0 Å². The van der Waals surface area contributed by atoms with E-state index in [0.717, 1.165) is 5.56 Å². The first kappa shape index (κ1) is 16.0. The average molecular weight is 320 g/mol. The number of aliphatic carboxylic acids is 2. The summed E-state index contributed by atoms with van der Waals surface area (Å²) in [6.45, 7) is 0. The lowest BCUT2D eigenvalue weighted by Gasteiger charge is -2.17. The van der Waals surface area contributed by atoms with Gasteiger partial charge in [-0.25, -0.2) is 4.79 Å². The van der Waals surface area contributed by atoms with Crippen molar-refractivity contribution >= 4 is 23.3 Å². The Balaban J connectivity index is 2.14. The maximum Gasteiger partial charge on any atom is 0.349 e. The van der Waals surface area contributed by atoms with Gasteiger partial charge < -0.3 is 14.9 Å². The van der Waals surface area contributed by atoms with Gasteiger partial charge in [0.15, 0.2) is 0 Å². The van der Waals surface area contributed by atoms with Gasteiger partial charge in [0.2, 0.25) is 6.10 Å². The zero-order valence-corrected chi connectivity index (χ0v) is 12.6. The normalized spacial score (nSPS) is 11.8. The first-order valence-corrected chi connectivity index (χ1v) is 7.73. The first-order chi connectivity index (χ1) is 10.6. The third kappa shape index (κ3) is 4.33. The summed E-state index contributed by atoms with van der Waals surface area (Å²) in [4.78, 5) is 22.0. The smallest absolute Gasteiger partial charge is 0.349 e. The molecule has 5 nitrogen and oxygen atoms in total. The Bertz CT molecular complexity index is 636. The van der Waals surface area contributed by atoms with Crippen LogP contribution in [0.2, 0.25) is 0 Å². The number of para-hydroxylation sites is 1. The van der Waals surface area contributed by atoms with Crippen molar-refractivity contribution in [3.63, 3.8) is 0 Å². The van der Waals surface area contributed by atoms with Crippen molar-refractivity contribution in [3.05, 3.63) is 52.2 Å². The van der Waals surface area contributed by atoms with E-state index in [4.69, 9.17) is 9.84 Å². The monoisotopic (exact) mass is 320 g/mol. The van der Waals surface area contributed by atoms with Crippen molar-refractivity contribution in [2.45, 2.75) is 25.4 Å². The van der Waals surface area contributed by atoms with E-state index in [1.807, 2.05) is 12.1 Å². The lowest BCUT2D eigenvalue weighted by Crippen LogP contribution is -2.18. The minimum Gasteiger partial charge on any atom is -0.481 e. The summed E-state index contributed by atoms with van der Waals surface area (Å²) in [6.07, 6.45) is 0.0119. The molecular weight excluding hydrogens is 304 g/mol. The maximum atomic E-state index is 11.4. The lowest BCUT2D eigenvalue weighted by molar-refractivity contribution is -0.145. The van der Waals surface area contributed by atoms with E-state index in [2.05, 4.69) is 0 Å². The van der Waals surface area contributed by atoms with Crippen LogP contribution in [0.1, 0.15) is 30.1 Å². The molecule has 2 N–H and O–H groups in total.